The number of hydrogen-bond donors (Lipinski definition) is 1. The first-order chi connectivity index (χ1) is 11.6. The number of carbonyl (C=O) groups excluding carboxylic acids is 1. The summed E-state index contributed by atoms with van der Waals surface area (Å²) < 4.78 is 5.81. The molecule has 0 radical (unpaired) electrons. The minimum absolute atomic E-state index is 0.00618. The van der Waals surface area contributed by atoms with E-state index in [0.717, 1.165) is 12.2 Å². The molecule has 0 aromatic heterocycles. The van der Waals surface area contributed by atoms with Gasteiger partial charge in [-0.3, -0.25) is 9.69 Å². The van der Waals surface area contributed by atoms with Crippen LogP contribution in [0.15, 0.2) is 24.3 Å². The summed E-state index contributed by atoms with van der Waals surface area (Å²) >= 11 is 0. The van der Waals surface area contributed by atoms with E-state index in [-0.39, 0.29) is 11.9 Å². The minimum Gasteiger partial charge on any atom is -0.481 e. The van der Waals surface area contributed by atoms with Crippen LogP contribution in [0.1, 0.15) is 51.0 Å². The fourth-order valence-corrected chi connectivity index (χ4v) is 3.96. The van der Waals surface area contributed by atoms with Crippen molar-refractivity contribution in [3.05, 3.63) is 29.8 Å². The first-order valence-corrected chi connectivity index (χ1v) is 9.41. The second kappa shape index (κ2) is 8.02. The largest absolute Gasteiger partial charge is 0.481 e. The Labute approximate surface area is 145 Å². The molecule has 1 N–H and O–H groups in total. The van der Waals surface area contributed by atoms with E-state index in [1.54, 1.807) is 0 Å². The molecule has 1 saturated carbocycles. The molecule has 3 rings (SSSR count). The molecule has 1 amide bonds. The molecule has 0 bridgehead atoms. The molecule has 24 heavy (non-hydrogen) atoms. The second-order valence-electron chi connectivity index (χ2n) is 7.28. The zero-order valence-corrected chi connectivity index (χ0v) is 15.0. The Morgan fingerprint density at radius 3 is 2.50 bits per heavy atom. The Morgan fingerprint density at radius 1 is 1.12 bits per heavy atom. The summed E-state index contributed by atoms with van der Waals surface area (Å²) in [5.74, 6) is 0.759. The predicted molar refractivity (Wildman–Crippen MR) is 96.3 cm³/mol. The Morgan fingerprint density at radius 2 is 1.79 bits per heavy atom. The van der Waals surface area contributed by atoms with E-state index in [0.29, 0.717) is 6.04 Å². The molecular weight excluding hydrogens is 300 g/mol. The molecular formula is C20H30N2O2. The summed E-state index contributed by atoms with van der Waals surface area (Å²) in [6, 6.07) is 8.64. The highest BCUT2D eigenvalue weighted by molar-refractivity contribution is 5.81. The van der Waals surface area contributed by atoms with Gasteiger partial charge in [-0.15, -0.1) is 0 Å². The topological polar surface area (TPSA) is 41.6 Å². The van der Waals surface area contributed by atoms with Crippen molar-refractivity contribution in [1.29, 1.82) is 0 Å². The quantitative estimate of drug-likeness (QED) is 0.901. The maximum atomic E-state index is 12.6. The van der Waals surface area contributed by atoms with Gasteiger partial charge >= 0.3 is 0 Å². The van der Waals surface area contributed by atoms with E-state index in [2.05, 4.69) is 10.2 Å². The van der Waals surface area contributed by atoms with E-state index in [9.17, 15) is 4.79 Å². The fourth-order valence-electron chi connectivity index (χ4n) is 3.96. The van der Waals surface area contributed by atoms with Crippen LogP contribution in [-0.2, 0) is 4.79 Å². The van der Waals surface area contributed by atoms with E-state index in [1.807, 2.05) is 38.1 Å². The van der Waals surface area contributed by atoms with Crippen molar-refractivity contribution >= 4 is 5.91 Å². The number of hydrogen-bond acceptors (Lipinski definition) is 3. The maximum Gasteiger partial charge on any atom is 0.261 e. The molecule has 1 aliphatic carbocycles. The number of benzene rings is 1. The standard InChI is InChI=1S/C20H30N2O2/c1-15-9-11-17(12-10-15)24-16(2)20(23)21-18-7-3-4-8-19(18)22-13-5-6-14-22/h9-12,16,18-19H,3-8,13-14H2,1-2H3,(H,21,23). The van der Waals surface area contributed by atoms with Crippen molar-refractivity contribution in [2.45, 2.75) is 70.6 Å². The van der Waals surface area contributed by atoms with Crippen LogP contribution in [0.4, 0.5) is 0 Å². The summed E-state index contributed by atoms with van der Waals surface area (Å²) in [4.78, 5) is 15.2. The van der Waals surface area contributed by atoms with Crippen molar-refractivity contribution < 1.29 is 9.53 Å². The van der Waals surface area contributed by atoms with E-state index in [1.165, 1.54) is 50.8 Å². The number of amides is 1. The number of likely N-dealkylation sites (tertiary alicyclic amines) is 1. The Balaban J connectivity index is 1.56. The minimum atomic E-state index is -0.464. The molecule has 3 atom stereocenters. The second-order valence-corrected chi connectivity index (χ2v) is 7.28. The van der Waals surface area contributed by atoms with Crippen molar-refractivity contribution in [2.24, 2.45) is 0 Å². The van der Waals surface area contributed by atoms with E-state index < -0.39 is 6.10 Å². The third-order valence-electron chi connectivity index (χ3n) is 5.37. The average molecular weight is 330 g/mol. The molecule has 3 unspecified atom stereocenters. The van der Waals surface area contributed by atoms with Crippen LogP contribution in [0, 0.1) is 6.92 Å². The first-order valence-electron chi connectivity index (χ1n) is 9.41. The van der Waals surface area contributed by atoms with Crippen LogP contribution in [0.2, 0.25) is 0 Å². The van der Waals surface area contributed by atoms with Gasteiger partial charge in [-0.25, -0.2) is 0 Å². The van der Waals surface area contributed by atoms with Gasteiger partial charge in [-0.2, -0.15) is 0 Å². The molecule has 4 nitrogen and oxygen atoms in total. The molecule has 132 valence electrons. The lowest BCUT2D eigenvalue weighted by molar-refractivity contribution is -0.128. The van der Waals surface area contributed by atoms with Gasteiger partial charge in [-0.05, 0) is 64.8 Å². The number of rotatable bonds is 5. The predicted octanol–water partition coefficient (Wildman–Crippen LogP) is 3.29. The van der Waals surface area contributed by atoms with Crippen LogP contribution >= 0.6 is 0 Å². The molecule has 4 heteroatoms. The highest BCUT2D eigenvalue weighted by Crippen LogP contribution is 2.26. The molecule has 0 spiro atoms. The average Bonchev–Trinajstić information content (AvgIpc) is 3.11. The number of carbonyl (C=O) groups is 1. The fraction of sp³-hybridized carbons (Fsp3) is 0.650. The van der Waals surface area contributed by atoms with Gasteiger partial charge < -0.3 is 10.1 Å². The SMILES string of the molecule is Cc1ccc(OC(C)C(=O)NC2CCCCC2N2CCCC2)cc1. The van der Waals surface area contributed by atoms with Gasteiger partial charge in [0.25, 0.3) is 5.91 Å². The Hall–Kier alpha value is -1.55. The lowest BCUT2D eigenvalue weighted by Crippen LogP contribution is -2.54. The van der Waals surface area contributed by atoms with Crippen LogP contribution in [0.25, 0.3) is 0 Å². The number of nitrogens with one attached hydrogen (secondary N) is 1. The normalized spacial score (nSPS) is 26.1. The van der Waals surface area contributed by atoms with Gasteiger partial charge in [-0.1, -0.05) is 30.5 Å². The van der Waals surface area contributed by atoms with Crippen molar-refractivity contribution in [1.82, 2.24) is 10.2 Å². The first kappa shape index (κ1) is 17.3. The van der Waals surface area contributed by atoms with Gasteiger partial charge in [0.2, 0.25) is 0 Å². The van der Waals surface area contributed by atoms with Crippen molar-refractivity contribution in [3.8, 4) is 5.75 Å². The van der Waals surface area contributed by atoms with Crippen molar-refractivity contribution in [3.63, 3.8) is 0 Å². The molecule has 1 saturated heterocycles. The highest BCUT2D eigenvalue weighted by Gasteiger charge is 2.33. The van der Waals surface area contributed by atoms with Crippen LogP contribution in [-0.4, -0.2) is 42.1 Å². The number of aryl methyl sites for hydroxylation is 1. The van der Waals surface area contributed by atoms with Crippen LogP contribution in [0.5, 0.6) is 5.75 Å². The summed E-state index contributed by atoms with van der Waals surface area (Å²) in [6.07, 6.45) is 6.91. The number of ether oxygens (including phenoxy) is 1. The van der Waals surface area contributed by atoms with E-state index >= 15 is 0 Å². The Kier molecular flexibility index (Phi) is 5.77. The summed E-state index contributed by atoms with van der Waals surface area (Å²) in [5, 5.41) is 3.27. The Bertz CT molecular complexity index is 537. The lowest BCUT2D eigenvalue weighted by Gasteiger charge is -2.38. The molecule has 1 aromatic rings. The third-order valence-corrected chi connectivity index (χ3v) is 5.37. The van der Waals surface area contributed by atoms with Crippen LogP contribution in [0.3, 0.4) is 0 Å². The zero-order valence-electron chi connectivity index (χ0n) is 15.0. The summed E-state index contributed by atoms with van der Waals surface area (Å²) in [5.41, 5.74) is 1.19. The molecule has 1 aromatic carbocycles. The molecule has 2 fully saturated rings. The van der Waals surface area contributed by atoms with E-state index in [4.69, 9.17) is 4.74 Å². The van der Waals surface area contributed by atoms with Gasteiger partial charge in [0, 0.05) is 12.1 Å². The van der Waals surface area contributed by atoms with Crippen LogP contribution < -0.4 is 10.1 Å². The highest BCUT2D eigenvalue weighted by atomic mass is 16.5. The molecule has 1 aliphatic heterocycles. The maximum absolute atomic E-state index is 12.6. The monoisotopic (exact) mass is 330 g/mol. The third kappa shape index (κ3) is 4.29. The van der Waals surface area contributed by atoms with Gasteiger partial charge in [0.1, 0.15) is 5.75 Å². The van der Waals surface area contributed by atoms with Gasteiger partial charge in [0.05, 0.1) is 0 Å². The molecule has 1 heterocycles. The molecule has 2 aliphatic rings. The number of nitrogens with zero attached hydrogens (tertiary/aromatic N) is 1. The zero-order chi connectivity index (χ0) is 16.9. The summed E-state index contributed by atoms with van der Waals surface area (Å²) in [7, 11) is 0. The summed E-state index contributed by atoms with van der Waals surface area (Å²) in [6.45, 7) is 6.25. The smallest absolute Gasteiger partial charge is 0.261 e. The van der Waals surface area contributed by atoms with Gasteiger partial charge in [0.15, 0.2) is 6.10 Å². The van der Waals surface area contributed by atoms with Crippen molar-refractivity contribution in [2.75, 3.05) is 13.1 Å². The lowest BCUT2D eigenvalue weighted by atomic mass is 9.89.